The van der Waals surface area contributed by atoms with Crippen molar-refractivity contribution in [2.45, 2.75) is 57.6 Å². The molecule has 19 heavy (non-hydrogen) atoms. The van der Waals surface area contributed by atoms with Gasteiger partial charge in [0, 0.05) is 25.1 Å². The number of ether oxygens (including phenoxy) is 1. The van der Waals surface area contributed by atoms with Crippen LogP contribution in [-0.2, 0) is 9.53 Å². The van der Waals surface area contributed by atoms with Crippen molar-refractivity contribution in [1.29, 1.82) is 0 Å². The summed E-state index contributed by atoms with van der Waals surface area (Å²) in [7, 11) is 0. The fourth-order valence-electron chi connectivity index (χ4n) is 2.05. The molecule has 0 aromatic rings. The Labute approximate surface area is 113 Å². The Morgan fingerprint density at radius 1 is 1.42 bits per heavy atom. The average molecular weight is 272 g/mol. The van der Waals surface area contributed by atoms with Gasteiger partial charge in [0.15, 0.2) is 0 Å². The Morgan fingerprint density at radius 2 is 2.16 bits per heavy atom. The maximum atomic E-state index is 11.7. The summed E-state index contributed by atoms with van der Waals surface area (Å²) < 4.78 is 5.46. The fraction of sp³-hybridized carbons (Fsp3) is 0.846. The van der Waals surface area contributed by atoms with Gasteiger partial charge in [0.2, 0.25) is 0 Å². The molecule has 0 radical (unpaired) electrons. The molecule has 0 aliphatic carbocycles. The standard InChI is InChI=1S/C13H24N2O4/c1-13(2,7-5-11(16)17)15-12(18)14-8-6-10-4-3-9-19-10/h10H,3-9H2,1-2H3,(H,16,17)(H2,14,15,18). The van der Waals surface area contributed by atoms with Crippen LogP contribution in [-0.4, -0.2) is 41.9 Å². The van der Waals surface area contributed by atoms with Crippen LogP contribution in [0.3, 0.4) is 0 Å². The number of hydrogen-bond donors (Lipinski definition) is 3. The van der Waals surface area contributed by atoms with Crippen LogP contribution in [0, 0.1) is 0 Å². The Hall–Kier alpha value is -1.30. The third-order valence-electron chi connectivity index (χ3n) is 3.19. The van der Waals surface area contributed by atoms with Gasteiger partial charge in [-0.3, -0.25) is 4.79 Å². The van der Waals surface area contributed by atoms with E-state index in [0.29, 0.717) is 13.0 Å². The molecule has 0 bridgehead atoms. The molecule has 1 saturated heterocycles. The molecule has 1 unspecified atom stereocenters. The number of carbonyl (C=O) groups excluding carboxylic acids is 1. The number of hydrogen-bond acceptors (Lipinski definition) is 3. The van der Waals surface area contributed by atoms with Crippen molar-refractivity contribution in [2.75, 3.05) is 13.2 Å². The molecular weight excluding hydrogens is 248 g/mol. The number of urea groups is 1. The normalized spacial score (nSPS) is 19.2. The van der Waals surface area contributed by atoms with E-state index in [-0.39, 0.29) is 18.6 Å². The predicted octanol–water partition coefficient (Wildman–Crippen LogP) is 1.50. The number of amides is 2. The van der Waals surface area contributed by atoms with Crippen molar-refractivity contribution in [1.82, 2.24) is 10.6 Å². The maximum absolute atomic E-state index is 11.7. The van der Waals surface area contributed by atoms with E-state index in [1.165, 1.54) is 0 Å². The van der Waals surface area contributed by atoms with Crippen LogP contribution in [0.1, 0.15) is 46.0 Å². The van der Waals surface area contributed by atoms with Crippen molar-refractivity contribution < 1.29 is 19.4 Å². The topological polar surface area (TPSA) is 87.7 Å². The van der Waals surface area contributed by atoms with Gasteiger partial charge in [0.25, 0.3) is 0 Å². The minimum Gasteiger partial charge on any atom is -0.481 e. The van der Waals surface area contributed by atoms with Gasteiger partial charge in [-0.05, 0) is 39.5 Å². The Balaban J connectivity index is 2.16. The molecule has 1 heterocycles. The largest absolute Gasteiger partial charge is 0.481 e. The molecule has 0 aromatic heterocycles. The highest BCUT2D eigenvalue weighted by atomic mass is 16.5. The van der Waals surface area contributed by atoms with Crippen LogP contribution in [0.2, 0.25) is 0 Å². The number of carboxylic acid groups (broad SMARTS) is 1. The van der Waals surface area contributed by atoms with Crippen molar-refractivity contribution in [3.63, 3.8) is 0 Å². The lowest BCUT2D eigenvalue weighted by Crippen LogP contribution is -2.49. The summed E-state index contributed by atoms with van der Waals surface area (Å²) in [6, 6.07) is -0.256. The number of nitrogens with one attached hydrogen (secondary N) is 2. The quantitative estimate of drug-likeness (QED) is 0.655. The highest BCUT2D eigenvalue weighted by Gasteiger charge is 2.21. The third-order valence-corrected chi connectivity index (χ3v) is 3.19. The number of carboxylic acids is 1. The molecular formula is C13H24N2O4. The second-order valence-corrected chi connectivity index (χ2v) is 5.58. The first-order valence-electron chi connectivity index (χ1n) is 6.78. The van der Waals surface area contributed by atoms with Gasteiger partial charge in [0.1, 0.15) is 0 Å². The summed E-state index contributed by atoms with van der Waals surface area (Å²) in [6.45, 7) is 5.02. The number of carbonyl (C=O) groups is 2. The molecule has 3 N–H and O–H groups in total. The summed E-state index contributed by atoms with van der Waals surface area (Å²) in [4.78, 5) is 22.2. The van der Waals surface area contributed by atoms with E-state index in [1.54, 1.807) is 0 Å². The average Bonchev–Trinajstić information content (AvgIpc) is 2.79. The molecule has 1 fully saturated rings. The molecule has 110 valence electrons. The van der Waals surface area contributed by atoms with E-state index >= 15 is 0 Å². The zero-order valence-corrected chi connectivity index (χ0v) is 11.7. The van der Waals surface area contributed by atoms with Crippen LogP contribution < -0.4 is 10.6 Å². The first-order chi connectivity index (χ1) is 8.89. The van der Waals surface area contributed by atoms with Crippen LogP contribution in [0.25, 0.3) is 0 Å². The van der Waals surface area contributed by atoms with Gasteiger partial charge in [-0.25, -0.2) is 4.79 Å². The second kappa shape index (κ2) is 7.33. The third kappa shape index (κ3) is 7.00. The first kappa shape index (κ1) is 15.8. The lowest BCUT2D eigenvalue weighted by molar-refractivity contribution is -0.137. The van der Waals surface area contributed by atoms with Crippen LogP contribution in [0.5, 0.6) is 0 Å². The summed E-state index contributed by atoms with van der Waals surface area (Å²) in [5.74, 6) is -0.853. The molecule has 6 nitrogen and oxygen atoms in total. The Kier molecular flexibility index (Phi) is 6.08. The van der Waals surface area contributed by atoms with E-state index in [0.717, 1.165) is 25.9 Å². The van der Waals surface area contributed by atoms with Gasteiger partial charge < -0.3 is 20.5 Å². The van der Waals surface area contributed by atoms with E-state index in [4.69, 9.17) is 9.84 Å². The lowest BCUT2D eigenvalue weighted by atomic mass is 9.99. The summed E-state index contributed by atoms with van der Waals surface area (Å²) in [5.41, 5.74) is -0.521. The smallest absolute Gasteiger partial charge is 0.315 e. The van der Waals surface area contributed by atoms with Crippen molar-refractivity contribution >= 4 is 12.0 Å². The molecule has 2 amide bonds. The highest BCUT2D eigenvalue weighted by molar-refractivity contribution is 5.74. The molecule has 0 aromatic carbocycles. The molecule has 0 saturated carbocycles. The van der Waals surface area contributed by atoms with Crippen LogP contribution in [0.4, 0.5) is 4.79 Å². The molecule has 1 rings (SSSR count). The molecule has 1 aliphatic heterocycles. The first-order valence-corrected chi connectivity index (χ1v) is 6.78. The summed E-state index contributed by atoms with van der Waals surface area (Å²) in [5, 5.41) is 14.2. The maximum Gasteiger partial charge on any atom is 0.315 e. The summed E-state index contributed by atoms with van der Waals surface area (Å²) >= 11 is 0. The lowest BCUT2D eigenvalue weighted by Gasteiger charge is -2.25. The highest BCUT2D eigenvalue weighted by Crippen LogP contribution is 2.14. The minimum atomic E-state index is -0.853. The van der Waals surface area contributed by atoms with Crippen molar-refractivity contribution in [3.05, 3.63) is 0 Å². The molecule has 0 spiro atoms. The van der Waals surface area contributed by atoms with Gasteiger partial charge in [-0.2, -0.15) is 0 Å². The molecule has 1 aliphatic rings. The minimum absolute atomic E-state index is 0.0448. The van der Waals surface area contributed by atoms with Gasteiger partial charge >= 0.3 is 12.0 Å². The van der Waals surface area contributed by atoms with E-state index in [1.807, 2.05) is 13.8 Å². The van der Waals surface area contributed by atoms with Crippen LogP contribution >= 0.6 is 0 Å². The Bertz CT molecular complexity index is 312. The van der Waals surface area contributed by atoms with Gasteiger partial charge in [-0.15, -0.1) is 0 Å². The van der Waals surface area contributed by atoms with Crippen LogP contribution in [0.15, 0.2) is 0 Å². The number of aliphatic carboxylic acids is 1. The zero-order valence-electron chi connectivity index (χ0n) is 11.7. The van der Waals surface area contributed by atoms with E-state index in [2.05, 4.69) is 10.6 Å². The molecule has 6 heteroatoms. The predicted molar refractivity (Wildman–Crippen MR) is 71.1 cm³/mol. The fourth-order valence-corrected chi connectivity index (χ4v) is 2.05. The van der Waals surface area contributed by atoms with Gasteiger partial charge in [-0.1, -0.05) is 0 Å². The monoisotopic (exact) mass is 272 g/mol. The van der Waals surface area contributed by atoms with Crippen molar-refractivity contribution in [2.24, 2.45) is 0 Å². The zero-order chi connectivity index (χ0) is 14.3. The van der Waals surface area contributed by atoms with Gasteiger partial charge in [0.05, 0.1) is 6.10 Å². The Morgan fingerprint density at radius 3 is 2.74 bits per heavy atom. The summed E-state index contributed by atoms with van der Waals surface area (Å²) in [6.07, 6.45) is 3.69. The SMILES string of the molecule is CC(C)(CCC(=O)O)NC(=O)NCCC1CCCO1. The number of rotatable bonds is 7. The second-order valence-electron chi connectivity index (χ2n) is 5.58. The van der Waals surface area contributed by atoms with Crippen molar-refractivity contribution in [3.8, 4) is 0 Å². The van der Waals surface area contributed by atoms with E-state index in [9.17, 15) is 9.59 Å². The molecule has 1 atom stereocenters. The van der Waals surface area contributed by atoms with E-state index < -0.39 is 11.5 Å².